The summed E-state index contributed by atoms with van der Waals surface area (Å²) in [5.74, 6) is 0.599. The molecule has 0 bridgehead atoms. The lowest BCUT2D eigenvalue weighted by atomic mass is 9.95. The number of aromatic amines is 1. The maximum atomic E-state index is 5.51. The molecule has 7 nitrogen and oxygen atoms in total. The maximum absolute atomic E-state index is 5.51. The van der Waals surface area contributed by atoms with Crippen molar-refractivity contribution in [3.63, 3.8) is 0 Å². The molecule has 4 rings (SSSR count). The van der Waals surface area contributed by atoms with Crippen molar-refractivity contribution < 1.29 is 4.74 Å². The molecule has 0 saturated heterocycles. The fourth-order valence-electron chi connectivity index (χ4n) is 4.11. The van der Waals surface area contributed by atoms with E-state index in [2.05, 4.69) is 69.5 Å². The van der Waals surface area contributed by atoms with E-state index in [0.717, 1.165) is 48.9 Å². The first kappa shape index (κ1) is 21.9. The van der Waals surface area contributed by atoms with Gasteiger partial charge >= 0.3 is 0 Å². The number of hydrogen-bond donors (Lipinski definition) is 1. The quantitative estimate of drug-likeness (QED) is 0.390. The van der Waals surface area contributed by atoms with Crippen LogP contribution in [0.2, 0.25) is 0 Å². The van der Waals surface area contributed by atoms with E-state index in [1.54, 1.807) is 7.11 Å². The zero-order valence-corrected chi connectivity index (χ0v) is 19.0. The van der Waals surface area contributed by atoms with Crippen LogP contribution in [0.25, 0.3) is 22.5 Å². The molecule has 0 aliphatic carbocycles. The van der Waals surface area contributed by atoms with E-state index in [1.165, 1.54) is 22.5 Å². The fraction of sp³-hybridized carbons (Fsp3) is 0.360. The number of H-pyrrole nitrogens is 1. The molecule has 7 heteroatoms. The summed E-state index contributed by atoms with van der Waals surface area (Å²) in [5.41, 5.74) is 8.13. The minimum absolute atomic E-state index is 0.582. The zero-order valence-electron chi connectivity index (χ0n) is 19.0. The smallest absolute Gasteiger partial charge is 0.205 e. The minimum atomic E-state index is 0.582. The van der Waals surface area contributed by atoms with E-state index >= 15 is 0 Å². The van der Waals surface area contributed by atoms with Crippen molar-refractivity contribution in [3.8, 4) is 22.5 Å². The molecular formula is C25H30N6O. The molecule has 0 fully saturated rings. The van der Waals surface area contributed by atoms with Crippen LogP contribution < -0.4 is 0 Å². The average Bonchev–Trinajstić information content (AvgIpc) is 3.48. The minimum Gasteiger partial charge on any atom is -0.378 e. The van der Waals surface area contributed by atoms with Crippen molar-refractivity contribution in [1.82, 2.24) is 30.4 Å². The molecule has 1 N–H and O–H groups in total. The van der Waals surface area contributed by atoms with E-state index in [4.69, 9.17) is 9.84 Å². The summed E-state index contributed by atoms with van der Waals surface area (Å²) in [6, 6.07) is 16.9. The Morgan fingerprint density at radius 2 is 1.78 bits per heavy atom. The predicted molar refractivity (Wildman–Crippen MR) is 125 cm³/mol. The molecule has 0 atom stereocenters. The number of benzene rings is 2. The number of rotatable bonds is 10. The van der Waals surface area contributed by atoms with Gasteiger partial charge in [0.2, 0.25) is 5.82 Å². The molecule has 0 spiro atoms. The van der Waals surface area contributed by atoms with Crippen molar-refractivity contribution >= 4 is 0 Å². The molecule has 2 heterocycles. The van der Waals surface area contributed by atoms with Crippen molar-refractivity contribution in [2.45, 2.75) is 52.7 Å². The van der Waals surface area contributed by atoms with Crippen LogP contribution in [0.15, 0.2) is 48.5 Å². The fourth-order valence-corrected chi connectivity index (χ4v) is 4.11. The van der Waals surface area contributed by atoms with E-state index < -0.39 is 0 Å². The molecular weight excluding hydrogens is 400 g/mol. The Morgan fingerprint density at radius 1 is 1.00 bits per heavy atom. The second kappa shape index (κ2) is 10.3. The summed E-state index contributed by atoms with van der Waals surface area (Å²) in [7, 11) is 1.75. The molecule has 0 radical (unpaired) electrons. The number of nitrogens with one attached hydrogen (secondary N) is 1. The van der Waals surface area contributed by atoms with Crippen LogP contribution in [0.5, 0.6) is 0 Å². The maximum Gasteiger partial charge on any atom is 0.205 e. The van der Waals surface area contributed by atoms with Gasteiger partial charge in [-0.25, -0.2) is 0 Å². The summed E-state index contributed by atoms with van der Waals surface area (Å²) >= 11 is 0. The molecule has 0 aliphatic heterocycles. The predicted octanol–water partition coefficient (Wildman–Crippen LogP) is 4.83. The van der Waals surface area contributed by atoms with E-state index in [0.29, 0.717) is 12.4 Å². The number of hydrogen-bond acceptors (Lipinski definition) is 5. The molecule has 4 aromatic rings. The molecule has 2 aromatic carbocycles. The van der Waals surface area contributed by atoms with Crippen LogP contribution in [-0.4, -0.2) is 37.5 Å². The van der Waals surface area contributed by atoms with Gasteiger partial charge in [0, 0.05) is 31.2 Å². The van der Waals surface area contributed by atoms with Gasteiger partial charge in [-0.3, -0.25) is 4.68 Å². The van der Waals surface area contributed by atoms with Gasteiger partial charge in [-0.2, -0.15) is 10.3 Å². The van der Waals surface area contributed by atoms with Gasteiger partial charge in [-0.15, -0.1) is 10.2 Å². The number of nitrogens with zero attached hydrogens (tertiary/aromatic N) is 5. The van der Waals surface area contributed by atoms with Crippen LogP contribution >= 0.6 is 0 Å². The summed E-state index contributed by atoms with van der Waals surface area (Å²) in [6.07, 6.45) is 4.16. The van der Waals surface area contributed by atoms with Gasteiger partial charge in [0.1, 0.15) is 0 Å². The van der Waals surface area contributed by atoms with E-state index in [9.17, 15) is 0 Å². The lowest BCUT2D eigenvalue weighted by molar-refractivity contribution is 0.176. The highest BCUT2D eigenvalue weighted by atomic mass is 16.5. The highest BCUT2D eigenvalue weighted by molar-refractivity contribution is 5.80. The summed E-state index contributed by atoms with van der Waals surface area (Å²) in [4.78, 5) is 0. The number of aryl methyl sites for hydroxylation is 2. The SMILES string of the molecule is CCCCc1nn(CC)c(COC)c1Cc1ccc(-c2ccccc2-c2nn[nH]n2)cc1. The van der Waals surface area contributed by atoms with Crippen molar-refractivity contribution in [2.75, 3.05) is 7.11 Å². The molecule has 166 valence electrons. The number of methoxy groups -OCH3 is 1. The standard InChI is InChI=1S/C25H30N6O/c1-4-6-11-23-22(24(17-32-3)31(5-2)28-23)16-18-12-14-19(15-13-18)20-9-7-8-10-21(20)25-26-29-30-27-25/h7-10,12-15H,4-6,11,16-17H2,1-3H3,(H,26,27,29,30). The largest absolute Gasteiger partial charge is 0.378 e. The van der Waals surface area contributed by atoms with Gasteiger partial charge in [0.15, 0.2) is 0 Å². The van der Waals surface area contributed by atoms with Gasteiger partial charge in [-0.1, -0.05) is 61.9 Å². The van der Waals surface area contributed by atoms with Crippen molar-refractivity contribution in [1.29, 1.82) is 0 Å². The van der Waals surface area contributed by atoms with E-state index in [1.807, 2.05) is 18.2 Å². The second-order valence-electron chi connectivity index (χ2n) is 7.88. The lowest BCUT2D eigenvalue weighted by Gasteiger charge is -2.10. The summed E-state index contributed by atoms with van der Waals surface area (Å²) in [6.45, 7) is 5.79. The monoisotopic (exact) mass is 430 g/mol. The zero-order chi connectivity index (χ0) is 22.3. The van der Waals surface area contributed by atoms with Crippen LogP contribution in [0.1, 0.15) is 49.2 Å². The lowest BCUT2D eigenvalue weighted by Crippen LogP contribution is -2.05. The van der Waals surface area contributed by atoms with Gasteiger partial charge in [0.25, 0.3) is 0 Å². The molecule has 0 unspecified atom stereocenters. The Labute approximate surface area is 188 Å². The first-order chi connectivity index (χ1) is 15.7. The summed E-state index contributed by atoms with van der Waals surface area (Å²) in [5, 5.41) is 19.4. The van der Waals surface area contributed by atoms with E-state index in [-0.39, 0.29) is 0 Å². The highest BCUT2D eigenvalue weighted by Crippen LogP contribution is 2.30. The third-order valence-corrected chi connectivity index (χ3v) is 5.76. The third-order valence-electron chi connectivity index (χ3n) is 5.76. The molecule has 0 saturated carbocycles. The van der Waals surface area contributed by atoms with Crippen molar-refractivity contribution in [3.05, 3.63) is 71.0 Å². The second-order valence-corrected chi connectivity index (χ2v) is 7.88. The molecule has 0 amide bonds. The van der Waals surface area contributed by atoms with Crippen LogP contribution in [0.3, 0.4) is 0 Å². The average molecular weight is 431 g/mol. The first-order valence-corrected chi connectivity index (χ1v) is 11.2. The Bertz CT molecular complexity index is 1130. The Morgan fingerprint density at radius 3 is 2.44 bits per heavy atom. The Kier molecular flexibility index (Phi) is 7.07. The Hall–Kier alpha value is -3.32. The van der Waals surface area contributed by atoms with Crippen LogP contribution in [0.4, 0.5) is 0 Å². The molecule has 32 heavy (non-hydrogen) atoms. The van der Waals surface area contributed by atoms with Gasteiger partial charge in [0.05, 0.1) is 18.0 Å². The number of ether oxygens (including phenoxy) is 1. The molecule has 2 aromatic heterocycles. The van der Waals surface area contributed by atoms with Crippen LogP contribution in [-0.2, 0) is 30.7 Å². The molecule has 0 aliphatic rings. The normalized spacial score (nSPS) is 11.2. The number of unbranched alkanes of at least 4 members (excludes halogenated alkanes) is 1. The number of aromatic nitrogens is 6. The third kappa shape index (κ3) is 4.62. The first-order valence-electron chi connectivity index (χ1n) is 11.2. The number of tetrazole rings is 1. The van der Waals surface area contributed by atoms with Gasteiger partial charge < -0.3 is 4.74 Å². The highest BCUT2D eigenvalue weighted by Gasteiger charge is 2.17. The van der Waals surface area contributed by atoms with Gasteiger partial charge in [-0.05, 0) is 41.7 Å². The van der Waals surface area contributed by atoms with Crippen LogP contribution in [0, 0.1) is 0 Å². The topological polar surface area (TPSA) is 81.5 Å². The summed E-state index contributed by atoms with van der Waals surface area (Å²) < 4.78 is 7.61. The van der Waals surface area contributed by atoms with Crippen molar-refractivity contribution in [2.24, 2.45) is 0 Å². The Balaban J connectivity index is 1.64.